The third kappa shape index (κ3) is 7.33. The largest absolute Gasteiger partial charge is 0.480 e. The van der Waals surface area contributed by atoms with E-state index in [1.165, 1.54) is 36.0 Å². The van der Waals surface area contributed by atoms with Gasteiger partial charge in [-0.05, 0) is 81.5 Å². The lowest BCUT2D eigenvalue weighted by molar-refractivity contribution is -0.138. The Morgan fingerprint density at radius 1 is 1.06 bits per heavy atom. The van der Waals surface area contributed by atoms with E-state index in [0.29, 0.717) is 25.2 Å². The first-order chi connectivity index (χ1) is 16.8. The van der Waals surface area contributed by atoms with Gasteiger partial charge in [-0.25, -0.2) is 4.79 Å². The molecular formula is C25H30F3N3O3S2. The number of fused-ring (bicyclic) bond motifs is 1. The van der Waals surface area contributed by atoms with Crippen molar-refractivity contribution in [3.8, 4) is 0 Å². The molecule has 36 heavy (non-hydrogen) atoms. The van der Waals surface area contributed by atoms with Crippen molar-refractivity contribution in [3.05, 3.63) is 59.7 Å². The van der Waals surface area contributed by atoms with Gasteiger partial charge >= 0.3 is 17.5 Å². The van der Waals surface area contributed by atoms with Crippen LogP contribution in [0.5, 0.6) is 0 Å². The van der Waals surface area contributed by atoms with Crippen molar-refractivity contribution in [1.82, 2.24) is 9.80 Å². The van der Waals surface area contributed by atoms with E-state index in [9.17, 15) is 27.9 Å². The molecule has 0 aromatic heterocycles. The number of aliphatic carboxylic acids is 1. The van der Waals surface area contributed by atoms with Crippen LogP contribution >= 0.6 is 23.5 Å². The number of carbonyl (C=O) groups is 2. The topological polar surface area (TPSA) is 72.9 Å². The highest BCUT2D eigenvalue weighted by Gasteiger charge is 2.43. The fourth-order valence-corrected chi connectivity index (χ4v) is 6.01. The third-order valence-electron chi connectivity index (χ3n) is 5.87. The number of likely N-dealkylation sites (N-methyl/N-ethyl adjacent to an activating group) is 1. The number of carboxylic acid groups (broad SMARTS) is 1. The molecular weight excluding hydrogens is 511 g/mol. The van der Waals surface area contributed by atoms with Gasteiger partial charge in [-0.15, -0.1) is 11.8 Å². The van der Waals surface area contributed by atoms with Gasteiger partial charge in [-0.2, -0.15) is 13.2 Å². The predicted octanol–water partition coefficient (Wildman–Crippen LogP) is 5.96. The Kier molecular flexibility index (Phi) is 8.89. The van der Waals surface area contributed by atoms with E-state index in [1.54, 1.807) is 18.7 Å². The van der Waals surface area contributed by atoms with Crippen molar-refractivity contribution in [2.45, 2.75) is 46.7 Å². The number of nitrogens with one attached hydrogen (secondary N) is 1. The number of nitrogens with zero attached hydrogens (tertiary/aromatic N) is 2. The molecule has 196 valence electrons. The molecule has 1 aliphatic rings. The molecule has 2 atom stereocenters. The first-order valence-electron chi connectivity index (χ1n) is 11.3. The fourth-order valence-electron chi connectivity index (χ4n) is 3.98. The summed E-state index contributed by atoms with van der Waals surface area (Å²) in [6, 6.07) is 12.6. The van der Waals surface area contributed by atoms with E-state index in [-0.39, 0.29) is 34.0 Å². The van der Waals surface area contributed by atoms with Gasteiger partial charge in [0.05, 0.1) is 11.3 Å². The number of hydrogen-bond donors (Lipinski definition) is 2. The minimum Gasteiger partial charge on any atom is -0.480 e. The summed E-state index contributed by atoms with van der Waals surface area (Å²) in [6.07, 6.45) is 0.575. The van der Waals surface area contributed by atoms with Crippen molar-refractivity contribution in [2.75, 3.05) is 32.5 Å². The van der Waals surface area contributed by atoms with Gasteiger partial charge in [0, 0.05) is 23.7 Å². The summed E-state index contributed by atoms with van der Waals surface area (Å²) >= 11 is 1.11. The predicted molar refractivity (Wildman–Crippen MR) is 139 cm³/mol. The van der Waals surface area contributed by atoms with Crippen LogP contribution < -0.4 is 5.32 Å². The molecule has 2 amide bonds. The smallest absolute Gasteiger partial charge is 0.446 e. The summed E-state index contributed by atoms with van der Waals surface area (Å²) in [7, 11) is 3.80. The Hall–Kier alpha value is -2.37. The number of amides is 2. The number of thioether (sulfide) groups is 2. The highest BCUT2D eigenvalue weighted by Crippen LogP contribution is 2.48. The van der Waals surface area contributed by atoms with E-state index in [4.69, 9.17) is 0 Å². The zero-order valence-corrected chi connectivity index (χ0v) is 22.1. The molecule has 0 aliphatic heterocycles. The maximum atomic E-state index is 13.5. The highest BCUT2D eigenvalue weighted by molar-refractivity contribution is 8.01. The average Bonchev–Trinajstić information content (AvgIpc) is 3.11. The van der Waals surface area contributed by atoms with Gasteiger partial charge in [0.15, 0.2) is 0 Å². The number of carbonyl (C=O) groups excluding carboxylic acids is 1. The third-order valence-corrected chi connectivity index (χ3v) is 8.19. The maximum absolute atomic E-state index is 13.5. The number of urea groups is 1. The van der Waals surface area contributed by atoms with Crippen molar-refractivity contribution in [3.63, 3.8) is 0 Å². The average molecular weight is 542 g/mol. The molecule has 1 aliphatic carbocycles. The Balaban J connectivity index is 1.87. The summed E-state index contributed by atoms with van der Waals surface area (Å²) in [5.74, 6) is -0.934. The van der Waals surface area contributed by atoms with E-state index >= 15 is 0 Å². The summed E-state index contributed by atoms with van der Waals surface area (Å²) < 4.78 is 36.8. The SMILES string of the molecule is CN(C)CCN(C(=O)Nc1ccc(SC(F)(F)F)cc1)C1Cc2ccccc2C1SC(C)(C)C(=O)O. The number of carboxylic acids is 1. The molecule has 0 radical (unpaired) electrons. The van der Waals surface area contributed by atoms with Crippen LogP contribution in [0, 0.1) is 0 Å². The van der Waals surface area contributed by atoms with E-state index in [0.717, 1.165) is 11.1 Å². The molecule has 0 spiro atoms. The monoisotopic (exact) mass is 541 g/mol. The molecule has 0 heterocycles. The van der Waals surface area contributed by atoms with E-state index in [2.05, 4.69) is 5.32 Å². The lowest BCUT2D eigenvalue weighted by Crippen LogP contribution is -2.48. The number of hydrogen-bond acceptors (Lipinski definition) is 5. The molecule has 0 saturated heterocycles. The summed E-state index contributed by atoms with van der Waals surface area (Å²) in [6.45, 7) is 4.29. The molecule has 2 aromatic carbocycles. The van der Waals surface area contributed by atoms with Crippen molar-refractivity contribution in [1.29, 1.82) is 0 Å². The quantitative estimate of drug-likeness (QED) is 0.382. The second kappa shape index (κ2) is 11.4. The maximum Gasteiger partial charge on any atom is 0.446 e. The zero-order valence-electron chi connectivity index (χ0n) is 20.5. The molecule has 11 heteroatoms. The van der Waals surface area contributed by atoms with Crippen LogP contribution in [0.15, 0.2) is 53.4 Å². The molecule has 6 nitrogen and oxygen atoms in total. The van der Waals surface area contributed by atoms with Crippen LogP contribution in [0.25, 0.3) is 0 Å². The molecule has 0 saturated carbocycles. The summed E-state index contributed by atoms with van der Waals surface area (Å²) in [4.78, 5) is 29.1. The molecule has 0 bridgehead atoms. The second-order valence-electron chi connectivity index (χ2n) is 9.32. The summed E-state index contributed by atoms with van der Waals surface area (Å²) in [5.41, 5.74) is -1.93. The molecule has 2 N–H and O–H groups in total. The van der Waals surface area contributed by atoms with Gasteiger partial charge in [0.2, 0.25) is 0 Å². The van der Waals surface area contributed by atoms with Gasteiger partial charge in [-0.3, -0.25) is 4.79 Å². The lowest BCUT2D eigenvalue weighted by Gasteiger charge is -2.36. The molecule has 3 rings (SSSR count). The summed E-state index contributed by atoms with van der Waals surface area (Å²) in [5, 5.41) is 12.3. The zero-order chi connectivity index (χ0) is 26.7. The Bertz CT molecular complexity index is 1080. The van der Waals surface area contributed by atoms with Gasteiger partial charge in [0.1, 0.15) is 4.75 Å². The van der Waals surface area contributed by atoms with E-state index < -0.39 is 16.2 Å². The van der Waals surface area contributed by atoms with Crippen LogP contribution in [0.2, 0.25) is 0 Å². The number of alkyl halides is 3. The Morgan fingerprint density at radius 2 is 1.69 bits per heavy atom. The van der Waals surface area contributed by atoms with Crippen LogP contribution in [0.4, 0.5) is 23.7 Å². The van der Waals surface area contributed by atoms with Crippen molar-refractivity contribution >= 4 is 41.2 Å². The van der Waals surface area contributed by atoms with Crippen LogP contribution in [0.3, 0.4) is 0 Å². The number of rotatable bonds is 9. The van der Waals surface area contributed by atoms with Crippen LogP contribution in [-0.4, -0.2) is 70.4 Å². The first kappa shape index (κ1) is 28.2. The Morgan fingerprint density at radius 3 is 2.28 bits per heavy atom. The van der Waals surface area contributed by atoms with Gasteiger partial charge in [-0.1, -0.05) is 24.3 Å². The second-order valence-corrected chi connectivity index (χ2v) is 12.2. The lowest BCUT2D eigenvalue weighted by atomic mass is 10.1. The first-order valence-corrected chi connectivity index (χ1v) is 13.0. The van der Waals surface area contributed by atoms with Crippen molar-refractivity contribution in [2.24, 2.45) is 0 Å². The number of halogens is 3. The van der Waals surface area contributed by atoms with Crippen molar-refractivity contribution < 1.29 is 27.9 Å². The fraction of sp³-hybridized carbons (Fsp3) is 0.440. The van der Waals surface area contributed by atoms with E-state index in [1.807, 2.05) is 43.3 Å². The molecule has 0 fully saturated rings. The van der Waals surface area contributed by atoms with Gasteiger partial charge in [0.25, 0.3) is 0 Å². The van der Waals surface area contributed by atoms with Crippen LogP contribution in [-0.2, 0) is 11.2 Å². The molecule has 2 aromatic rings. The Labute approximate surface area is 217 Å². The standard InChI is InChI=1S/C25H30F3N3O3S2/c1-24(2,22(32)33)36-21-19-8-6-5-7-16(19)15-20(21)31(14-13-30(3)4)23(34)29-17-9-11-18(12-10-17)35-25(26,27)28/h5-12,20-21H,13-15H2,1-4H3,(H,29,34)(H,32,33). The highest BCUT2D eigenvalue weighted by atomic mass is 32.2. The minimum atomic E-state index is -4.39. The van der Waals surface area contributed by atoms with Crippen LogP contribution in [0.1, 0.15) is 30.2 Å². The number of anilines is 1. The van der Waals surface area contributed by atoms with Gasteiger partial charge < -0.3 is 20.2 Å². The minimum absolute atomic E-state index is 0.0311. The molecule has 2 unspecified atom stereocenters. The number of benzene rings is 2. The normalized spacial score (nSPS) is 17.7.